The average Bonchev–Trinajstić information content (AvgIpc) is 3.89. The summed E-state index contributed by atoms with van der Waals surface area (Å²) in [4.78, 5) is 11.5. The highest BCUT2D eigenvalue weighted by Gasteiger charge is 2.33. The van der Waals surface area contributed by atoms with Gasteiger partial charge in [0.1, 0.15) is 0 Å². The fourth-order valence-corrected chi connectivity index (χ4v) is 10.3. The smallest absolute Gasteiger partial charge is 0.0429 e. The van der Waals surface area contributed by atoms with Gasteiger partial charge in [-0.1, -0.05) is 109 Å². The van der Waals surface area contributed by atoms with Crippen LogP contribution < -0.4 is 29.8 Å². The Morgan fingerprint density at radius 2 is 0.681 bits per heavy atom. The van der Waals surface area contributed by atoms with Gasteiger partial charge >= 0.3 is 0 Å². The topological polar surface area (TPSA) is 28.2 Å². The number of rotatable bonds is 14. The lowest BCUT2D eigenvalue weighted by Crippen LogP contribution is -2.22. The zero-order valence-electron chi connectivity index (χ0n) is 42.0. The summed E-state index contributed by atoms with van der Waals surface area (Å²) in [5.74, 6) is 0.510. The Hall–Kier alpha value is -7.44. The Morgan fingerprint density at radius 3 is 1.01 bits per heavy atom. The monoisotopic (exact) mass is 909 g/mol. The molecular weight excluding hydrogens is 841 g/mol. The quantitative estimate of drug-likeness (QED) is 0.117. The van der Waals surface area contributed by atoms with Crippen molar-refractivity contribution >= 4 is 34.1 Å². The van der Waals surface area contributed by atoms with Gasteiger partial charge in [0.25, 0.3) is 0 Å². The number of anilines is 6. The molecule has 350 valence electrons. The highest BCUT2D eigenvalue weighted by Crippen LogP contribution is 2.52. The van der Waals surface area contributed by atoms with Crippen LogP contribution in [0.3, 0.4) is 0 Å². The van der Waals surface area contributed by atoms with Gasteiger partial charge in [-0.3, -0.25) is 0 Å². The Morgan fingerprint density at radius 1 is 0.362 bits per heavy atom. The second kappa shape index (κ2) is 20.4. The van der Waals surface area contributed by atoms with E-state index < -0.39 is 0 Å². The minimum Gasteiger partial charge on any atom is -0.388 e. The van der Waals surface area contributed by atoms with Gasteiger partial charge in [-0.05, 0) is 153 Å². The van der Waals surface area contributed by atoms with Gasteiger partial charge in [0, 0.05) is 121 Å². The van der Waals surface area contributed by atoms with Crippen LogP contribution in [-0.4, -0.2) is 62.4 Å². The third-order valence-electron chi connectivity index (χ3n) is 14.2. The summed E-state index contributed by atoms with van der Waals surface area (Å²) in [7, 11) is 14.6. The third-order valence-corrected chi connectivity index (χ3v) is 14.2. The van der Waals surface area contributed by atoms with E-state index in [2.05, 4.69) is 268 Å². The second-order valence-corrected chi connectivity index (χ2v) is 19.1. The molecule has 0 aliphatic heterocycles. The van der Waals surface area contributed by atoms with Crippen LogP contribution in [-0.2, 0) is 13.1 Å². The van der Waals surface area contributed by atoms with Crippen LogP contribution in [0.1, 0.15) is 70.2 Å². The molecule has 2 aliphatic carbocycles. The molecule has 0 radical (unpaired) electrons. The first-order valence-corrected chi connectivity index (χ1v) is 24.6. The Labute approximate surface area is 412 Å². The lowest BCUT2D eigenvalue weighted by atomic mass is 9.89. The molecule has 2 aliphatic rings. The van der Waals surface area contributed by atoms with Crippen molar-refractivity contribution in [3.63, 3.8) is 0 Å². The number of hydrogen-bond donors (Lipinski definition) is 1. The van der Waals surface area contributed by atoms with Crippen molar-refractivity contribution in [2.24, 2.45) is 0 Å². The van der Waals surface area contributed by atoms with Crippen molar-refractivity contribution in [1.29, 1.82) is 0 Å². The predicted molar refractivity (Wildman–Crippen MR) is 297 cm³/mol. The van der Waals surface area contributed by atoms with Gasteiger partial charge in [0.05, 0.1) is 0 Å². The van der Waals surface area contributed by atoms with E-state index in [0.717, 1.165) is 31.9 Å². The second-order valence-electron chi connectivity index (χ2n) is 19.1. The normalized spacial score (nSPS) is 12.2. The molecule has 69 heavy (non-hydrogen) atoms. The highest BCUT2D eigenvalue weighted by atomic mass is 15.1. The third kappa shape index (κ3) is 9.67. The summed E-state index contributed by atoms with van der Waals surface area (Å²) < 4.78 is 0. The van der Waals surface area contributed by atoms with Gasteiger partial charge in [-0.15, -0.1) is 0 Å². The molecule has 0 atom stereocenters. The number of benzene rings is 8. The van der Waals surface area contributed by atoms with E-state index in [1.54, 1.807) is 0 Å². The van der Waals surface area contributed by atoms with Crippen LogP contribution in [0.4, 0.5) is 34.1 Å². The fourth-order valence-electron chi connectivity index (χ4n) is 10.3. The number of hydrogen-bond acceptors (Lipinski definition) is 6. The van der Waals surface area contributed by atoms with E-state index in [0.29, 0.717) is 0 Å². The SMILES string of the molecule is CCN(Cc1ccccc1)c1ccc2c(c1)-c1cc(N(CC)Cc3ccccc3)ccc1C2c1ccc(N(C)C)cc1.CNc1ccc(C2c3ccc(N(C)C)cc3-c3cc(N(C)C)ccc32)cc1. The first-order valence-electron chi connectivity index (χ1n) is 24.6. The van der Waals surface area contributed by atoms with Gasteiger partial charge in [0.2, 0.25) is 0 Å². The molecule has 0 heterocycles. The van der Waals surface area contributed by atoms with Crippen LogP contribution in [0.25, 0.3) is 22.3 Å². The molecule has 0 saturated carbocycles. The minimum atomic E-state index is 0.225. The van der Waals surface area contributed by atoms with Gasteiger partial charge in [0.15, 0.2) is 0 Å². The van der Waals surface area contributed by atoms with E-state index >= 15 is 0 Å². The van der Waals surface area contributed by atoms with Crippen molar-refractivity contribution in [1.82, 2.24) is 0 Å². The van der Waals surface area contributed by atoms with Crippen molar-refractivity contribution in [2.45, 2.75) is 38.8 Å². The molecule has 1 N–H and O–H groups in total. The van der Waals surface area contributed by atoms with Crippen LogP contribution in [0.5, 0.6) is 0 Å². The van der Waals surface area contributed by atoms with Crippen molar-refractivity contribution in [3.8, 4) is 22.3 Å². The van der Waals surface area contributed by atoms with Gasteiger partial charge in [-0.25, -0.2) is 0 Å². The zero-order chi connectivity index (χ0) is 48.2. The van der Waals surface area contributed by atoms with Crippen LogP contribution in [0.15, 0.2) is 182 Å². The molecule has 0 aromatic heterocycles. The van der Waals surface area contributed by atoms with E-state index in [4.69, 9.17) is 0 Å². The van der Waals surface area contributed by atoms with E-state index in [9.17, 15) is 0 Å². The van der Waals surface area contributed by atoms with E-state index in [1.807, 2.05) is 7.05 Å². The molecule has 0 fully saturated rings. The Balaban J connectivity index is 0.000000189. The molecule has 8 aromatic rings. The van der Waals surface area contributed by atoms with Crippen LogP contribution in [0.2, 0.25) is 0 Å². The summed E-state index contributed by atoms with van der Waals surface area (Å²) in [5.41, 5.74) is 23.7. The van der Waals surface area contributed by atoms with Gasteiger partial charge in [-0.2, -0.15) is 0 Å². The van der Waals surface area contributed by atoms with E-state index in [-0.39, 0.29) is 11.8 Å². The Kier molecular flexibility index (Phi) is 13.8. The molecule has 10 rings (SSSR count). The lowest BCUT2D eigenvalue weighted by Gasteiger charge is -2.25. The maximum atomic E-state index is 3.21. The maximum Gasteiger partial charge on any atom is 0.0429 e. The average molecular weight is 909 g/mol. The van der Waals surface area contributed by atoms with Crippen molar-refractivity contribution < 1.29 is 0 Å². The standard InChI is InChI=1S/C39H41N3.C24H27N3/c1-5-41(27-29-13-9-7-10-14-29)33-21-23-35-37(25-33)38-26-34(42(6-2)28-30-15-11-8-12-16-30)22-24-36(38)39(35)31-17-19-32(20-18-31)40(3)4;1-25-17-8-6-16(7-9-17)24-20-12-10-18(26(2)3)14-22(20)23-15-19(27(4)5)11-13-21(23)24/h7-26,39H,5-6,27-28H2,1-4H3;6-15,24-25H,1-5H3. The van der Waals surface area contributed by atoms with Crippen LogP contribution in [0, 0.1) is 0 Å². The molecule has 0 saturated heterocycles. The summed E-state index contributed by atoms with van der Waals surface area (Å²) in [5, 5.41) is 3.21. The van der Waals surface area contributed by atoms with Gasteiger partial charge < -0.3 is 29.8 Å². The summed E-state index contributed by atoms with van der Waals surface area (Å²) in [6, 6.07) is 67.5. The molecule has 0 spiro atoms. The van der Waals surface area contributed by atoms with Crippen molar-refractivity contribution in [2.75, 3.05) is 92.2 Å². The molecular formula is C63H68N6. The molecule has 6 nitrogen and oxygen atoms in total. The fraction of sp³-hybridized carbons (Fsp3) is 0.238. The zero-order valence-corrected chi connectivity index (χ0v) is 42.0. The van der Waals surface area contributed by atoms with E-state index in [1.165, 1.54) is 95.2 Å². The van der Waals surface area contributed by atoms with Crippen molar-refractivity contribution in [3.05, 3.63) is 226 Å². The maximum absolute atomic E-state index is 3.21. The summed E-state index contributed by atoms with van der Waals surface area (Å²) >= 11 is 0. The molecule has 8 aromatic carbocycles. The number of nitrogens with one attached hydrogen (secondary N) is 1. The lowest BCUT2D eigenvalue weighted by molar-refractivity contribution is 0.831. The summed E-state index contributed by atoms with van der Waals surface area (Å²) in [6.45, 7) is 8.21. The molecule has 0 bridgehead atoms. The number of fused-ring (bicyclic) bond motifs is 6. The number of nitrogens with zero attached hydrogens (tertiary/aromatic N) is 5. The largest absolute Gasteiger partial charge is 0.388 e. The summed E-state index contributed by atoms with van der Waals surface area (Å²) in [6.07, 6.45) is 0. The molecule has 0 amide bonds. The van der Waals surface area contributed by atoms with Crippen LogP contribution >= 0.6 is 0 Å². The Bertz CT molecular complexity index is 2840. The first kappa shape index (κ1) is 46.7. The minimum absolute atomic E-state index is 0.225. The molecule has 0 unspecified atom stereocenters. The highest BCUT2D eigenvalue weighted by molar-refractivity contribution is 5.87. The first-order chi connectivity index (χ1) is 33.5. The predicted octanol–water partition coefficient (Wildman–Crippen LogP) is 14.0. The molecule has 6 heteroatoms.